The molecule has 2 saturated heterocycles. The van der Waals surface area contributed by atoms with Crippen molar-refractivity contribution in [3.05, 3.63) is 59.2 Å². The van der Waals surface area contributed by atoms with E-state index in [1.165, 1.54) is 28.3 Å². The number of urea groups is 1. The van der Waals surface area contributed by atoms with Crippen LogP contribution in [0.1, 0.15) is 35.6 Å². The van der Waals surface area contributed by atoms with Crippen molar-refractivity contribution < 1.29 is 4.79 Å². The number of nitrogens with zero attached hydrogens (tertiary/aromatic N) is 2. The Labute approximate surface area is 172 Å². The van der Waals surface area contributed by atoms with Gasteiger partial charge in [-0.2, -0.15) is 11.8 Å². The van der Waals surface area contributed by atoms with Crippen LogP contribution in [0.2, 0.25) is 0 Å². The SMILES string of the molecule is Cc1cc(N2CCSCC2)ccc1NC(=O)N1CCC[C@H]1c1ccccc1C. The lowest BCUT2D eigenvalue weighted by molar-refractivity contribution is 0.207. The second-order valence-electron chi connectivity index (χ2n) is 7.74. The molecule has 2 aliphatic heterocycles. The van der Waals surface area contributed by atoms with Crippen LogP contribution >= 0.6 is 11.8 Å². The van der Waals surface area contributed by atoms with Gasteiger partial charge in [-0.1, -0.05) is 24.3 Å². The van der Waals surface area contributed by atoms with Crippen molar-refractivity contribution in [2.45, 2.75) is 32.7 Å². The fourth-order valence-electron chi connectivity index (χ4n) is 4.29. The molecule has 2 aromatic carbocycles. The largest absolute Gasteiger partial charge is 0.370 e. The third kappa shape index (κ3) is 4.00. The number of hydrogen-bond donors (Lipinski definition) is 1. The zero-order valence-corrected chi connectivity index (χ0v) is 17.6. The summed E-state index contributed by atoms with van der Waals surface area (Å²) in [6.45, 7) is 7.23. The van der Waals surface area contributed by atoms with Crippen LogP contribution < -0.4 is 10.2 Å². The topological polar surface area (TPSA) is 35.6 Å². The number of thioether (sulfide) groups is 1. The molecule has 0 aromatic heterocycles. The number of benzene rings is 2. The Balaban J connectivity index is 1.47. The van der Waals surface area contributed by atoms with Gasteiger partial charge in [-0.15, -0.1) is 0 Å². The molecule has 4 rings (SSSR count). The average molecular weight is 396 g/mol. The molecular formula is C23H29N3OS. The predicted octanol–water partition coefficient (Wildman–Crippen LogP) is 5.23. The lowest BCUT2D eigenvalue weighted by Gasteiger charge is -2.29. The van der Waals surface area contributed by atoms with Gasteiger partial charge in [0, 0.05) is 42.5 Å². The summed E-state index contributed by atoms with van der Waals surface area (Å²) in [7, 11) is 0. The van der Waals surface area contributed by atoms with Gasteiger partial charge in [0.15, 0.2) is 0 Å². The fraction of sp³-hybridized carbons (Fsp3) is 0.435. The van der Waals surface area contributed by atoms with Gasteiger partial charge in [0.25, 0.3) is 0 Å². The van der Waals surface area contributed by atoms with Crippen LogP contribution in [0.4, 0.5) is 16.2 Å². The molecule has 2 amide bonds. The Kier molecular flexibility index (Phi) is 5.81. The van der Waals surface area contributed by atoms with Crippen molar-refractivity contribution in [1.29, 1.82) is 0 Å². The maximum Gasteiger partial charge on any atom is 0.322 e. The lowest BCUT2D eigenvalue weighted by atomic mass is 9.99. The van der Waals surface area contributed by atoms with E-state index in [1.807, 2.05) is 16.7 Å². The molecule has 0 saturated carbocycles. The van der Waals surface area contributed by atoms with Crippen LogP contribution in [0.3, 0.4) is 0 Å². The van der Waals surface area contributed by atoms with Gasteiger partial charge in [-0.25, -0.2) is 4.79 Å². The molecule has 1 N–H and O–H groups in total. The summed E-state index contributed by atoms with van der Waals surface area (Å²) in [5.41, 5.74) is 5.82. The summed E-state index contributed by atoms with van der Waals surface area (Å²) >= 11 is 2.02. The summed E-state index contributed by atoms with van der Waals surface area (Å²) in [6.07, 6.45) is 2.08. The maximum atomic E-state index is 13.1. The van der Waals surface area contributed by atoms with E-state index < -0.39 is 0 Å². The number of nitrogens with one attached hydrogen (secondary N) is 1. The highest BCUT2D eigenvalue weighted by atomic mass is 32.2. The smallest absolute Gasteiger partial charge is 0.322 e. The maximum absolute atomic E-state index is 13.1. The van der Waals surface area contributed by atoms with E-state index in [4.69, 9.17) is 0 Å². The summed E-state index contributed by atoms with van der Waals surface area (Å²) in [6, 6.07) is 15.0. The van der Waals surface area contributed by atoms with E-state index in [-0.39, 0.29) is 12.1 Å². The van der Waals surface area contributed by atoms with Crippen molar-refractivity contribution in [3.8, 4) is 0 Å². The van der Waals surface area contributed by atoms with Crippen molar-refractivity contribution in [3.63, 3.8) is 0 Å². The summed E-state index contributed by atoms with van der Waals surface area (Å²) < 4.78 is 0. The Morgan fingerprint density at radius 2 is 1.82 bits per heavy atom. The summed E-state index contributed by atoms with van der Waals surface area (Å²) in [5.74, 6) is 2.37. The third-order valence-corrected chi connectivity index (χ3v) is 6.83. The molecule has 2 fully saturated rings. The first-order valence-corrected chi connectivity index (χ1v) is 11.4. The van der Waals surface area contributed by atoms with Crippen molar-refractivity contribution in [2.75, 3.05) is 41.4 Å². The quantitative estimate of drug-likeness (QED) is 0.773. The van der Waals surface area contributed by atoms with Crippen LogP contribution in [-0.4, -0.2) is 42.1 Å². The lowest BCUT2D eigenvalue weighted by Crippen LogP contribution is -2.35. The minimum absolute atomic E-state index is 0.0102. The molecule has 5 heteroatoms. The van der Waals surface area contributed by atoms with Crippen LogP contribution in [0.15, 0.2) is 42.5 Å². The fourth-order valence-corrected chi connectivity index (χ4v) is 5.19. The highest BCUT2D eigenvalue weighted by Crippen LogP contribution is 2.34. The highest BCUT2D eigenvalue weighted by Gasteiger charge is 2.31. The van der Waals surface area contributed by atoms with Crippen LogP contribution in [0, 0.1) is 13.8 Å². The number of likely N-dealkylation sites (tertiary alicyclic amines) is 1. The van der Waals surface area contributed by atoms with Crippen molar-refractivity contribution >= 4 is 29.2 Å². The Hall–Kier alpha value is -2.14. The number of hydrogen-bond acceptors (Lipinski definition) is 3. The second-order valence-corrected chi connectivity index (χ2v) is 8.96. The number of carbonyl (C=O) groups is 1. The van der Waals surface area contributed by atoms with E-state index in [1.54, 1.807) is 0 Å². The number of aryl methyl sites for hydroxylation is 2. The molecule has 28 heavy (non-hydrogen) atoms. The van der Waals surface area contributed by atoms with Gasteiger partial charge in [0.1, 0.15) is 0 Å². The predicted molar refractivity (Wildman–Crippen MR) is 120 cm³/mol. The van der Waals surface area contributed by atoms with Gasteiger partial charge in [0.05, 0.1) is 6.04 Å². The van der Waals surface area contributed by atoms with E-state index in [0.717, 1.165) is 43.7 Å². The van der Waals surface area contributed by atoms with E-state index >= 15 is 0 Å². The van der Waals surface area contributed by atoms with Crippen LogP contribution in [-0.2, 0) is 0 Å². The number of anilines is 2. The average Bonchev–Trinajstić information content (AvgIpc) is 3.20. The Bertz CT molecular complexity index is 847. The molecule has 0 radical (unpaired) electrons. The Morgan fingerprint density at radius 3 is 2.57 bits per heavy atom. The van der Waals surface area contributed by atoms with Gasteiger partial charge in [-0.3, -0.25) is 0 Å². The first kappa shape index (κ1) is 19.2. The van der Waals surface area contributed by atoms with Crippen molar-refractivity contribution in [1.82, 2.24) is 4.90 Å². The normalized spacial score (nSPS) is 19.7. The molecule has 2 aliphatic rings. The molecule has 2 aromatic rings. The standard InChI is InChI=1S/C23H29N3OS/c1-17-6-3-4-7-20(17)22-8-5-11-26(22)23(27)24-21-10-9-19(16-18(21)2)25-12-14-28-15-13-25/h3-4,6-7,9-10,16,22H,5,8,11-15H2,1-2H3,(H,24,27)/t22-/m0/s1. The molecule has 2 heterocycles. The van der Waals surface area contributed by atoms with Gasteiger partial charge in [-0.05, 0) is 61.6 Å². The van der Waals surface area contributed by atoms with E-state index in [9.17, 15) is 4.79 Å². The number of rotatable bonds is 3. The minimum atomic E-state index is 0.0102. The molecule has 0 unspecified atom stereocenters. The number of carbonyl (C=O) groups excluding carboxylic acids is 1. The summed E-state index contributed by atoms with van der Waals surface area (Å²) in [5, 5.41) is 3.17. The Morgan fingerprint density at radius 1 is 1.04 bits per heavy atom. The third-order valence-electron chi connectivity index (χ3n) is 5.89. The first-order valence-electron chi connectivity index (χ1n) is 10.2. The zero-order chi connectivity index (χ0) is 19.5. The zero-order valence-electron chi connectivity index (χ0n) is 16.8. The first-order chi connectivity index (χ1) is 13.6. The molecule has 1 atom stereocenters. The highest BCUT2D eigenvalue weighted by molar-refractivity contribution is 7.99. The van der Waals surface area contributed by atoms with E-state index in [2.05, 4.69) is 66.5 Å². The van der Waals surface area contributed by atoms with Gasteiger partial charge in [0.2, 0.25) is 0 Å². The molecule has 0 bridgehead atoms. The molecule has 148 valence electrons. The number of amides is 2. The molecular weight excluding hydrogens is 366 g/mol. The van der Waals surface area contributed by atoms with Crippen LogP contribution in [0.5, 0.6) is 0 Å². The van der Waals surface area contributed by atoms with E-state index in [0.29, 0.717) is 0 Å². The monoisotopic (exact) mass is 395 g/mol. The van der Waals surface area contributed by atoms with Crippen LogP contribution in [0.25, 0.3) is 0 Å². The van der Waals surface area contributed by atoms with Crippen molar-refractivity contribution in [2.24, 2.45) is 0 Å². The molecule has 4 nitrogen and oxygen atoms in total. The molecule has 0 spiro atoms. The minimum Gasteiger partial charge on any atom is -0.370 e. The van der Waals surface area contributed by atoms with Gasteiger partial charge >= 0.3 is 6.03 Å². The summed E-state index contributed by atoms with van der Waals surface area (Å²) in [4.78, 5) is 17.5. The van der Waals surface area contributed by atoms with Gasteiger partial charge < -0.3 is 15.1 Å². The molecule has 0 aliphatic carbocycles. The second kappa shape index (κ2) is 8.48.